The van der Waals surface area contributed by atoms with Crippen LogP contribution in [-0.4, -0.2) is 33.7 Å². The molecule has 1 aliphatic carbocycles. The Balaban J connectivity index is 1.50. The zero-order valence-corrected chi connectivity index (χ0v) is 16.4. The van der Waals surface area contributed by atoms with Gasteiger partial charge < -0.3 is 5.32 Å². The summed E-state index contributed by atoms with van der Waals surface area (Å²) in [6, 6.07) is 14.8. The monoisotopic (exact) mass is 390 g/mol. The molecule has 0 unspecified atom stereocenters. The lowest BCUT2D eigenvalue weighted by atomic mass is 10.1. The third-order valence-electron chi connectivity index (χ3n) is 5.54. The van der Waals surface area contributed by atoms with E-state index in [-0.39, 0.29) is 11.7 Å². The first-order valence-corrected chi connectivity index (χ1v) is 10.0. The van der Waals surface area contributed by atoms with Crippen LogP contribution in [0.15, 0.2) is 48.5 Å². The van der Waals surface area contributed by atoms with Crippen molar-refractivity contribution in [1.29, 1.82) is 0 Å². The van der Waals surface area contributed by atoms with Crippen molar-refractivity contribution in [2.45, 2.75) is 38.5 Å². The third-order valence-corrected chi connectivity index (χ3v) is 5.54. The Morgan fingerprint density at radius 3 is 2.79 bits per heavy atom. The van der Waals surface area contributed by atoms with E-state index in [0.717, 1.165) is 48.4 Å². The first kappa shape index (κ1) is 18.1. The maximum atomic E-state index is 14.6. The average Bonchev–Trinajstić information content (AvgIpc) is 3.36. The van der Waals surface area contributed by atoms with Gasteiger partial charge in [0.15, 0.2) is 0 Å². The number of aromatic nitrogens is 2. The Bertz CT molecular complexity index is 1090. The molecule has 6 heteroatoms. The fourth-order valence-corrected chi connectivity index (χ4v) is 3.97. The molecule has 1 N–H and O–H groups in total. The van der Waals surface area contributed by atoms with E-state index < -0.39 is 0 Å². The summed E-state index contributed by atoms with van der Waals surface area (Å²) >= 11 is 0. The predicted octanol–water partition coefficient (Wildman–Crippen LogP) is 3.58. The minimum Gasteiger partial charge on any atom is -0.349 e. The molecule has 1 saturated carbocycles. The molecular weight excluding hydrogens is 367 g/mol. The smallest absolute Gasteiger partial charge is 0.251 e. The highest BCUT2D eigenvalue weighted by atomic mass is 19.1. The summed E-state index contributed by atoms with van der Waals surface area (Å²) in [7, 11) is 2.04. The van der Waals surface area contributed by atoms with Crippen molar-refractivity contribution in [3.8, 4) is 11.3 Å². The molecule has 0 atom stereocenters. The fourth-order valence-electron chi connectivity index (χ4n) is 3.97. The largest absolute Gasteiger partial charge is 0.349 e. The fraction of sp³-hybridized carbons (Fsp3) is 0.304. The number of hydrogen-bond donors (Lipinski definition) is 1. The molecule has 29 heavy (non-hydrogen) atoms. The summed E-state index contributed by atoms with van der Waals surface area (Å²) in [5.41, 5.74) is 5.10. The second kappa shape index (κ2) is 7.12. The maximum Gasteiger partial charge on any atom is 0.251 e. The highest BCUT2D eigenvalue weighted by molar-refractivity contribution is 5.94. The van der Waals surface area contributed by atoms with Gasteiger partial charge >= 0.3 is 0 Å². The number of carbonyl (C=O) groups is 1. The molecule has 1 amide bonds. The summed E-state index contributed by atoms with van der Waals surface area (Å²) in [5, 5.41) is 7.82. The Kier molecular flexibility index (Phi) is 4.43. The number of nitrogens with zero attached hydrogens (tertiary/aromatic N) is 3. The highest BCUT2D eigenvalue weighted by Crippen LogP contribution is 2.34. The summed E-state index contributed by atoms with van der Waals surface area (Å²) in [6.07, 6.45) is 2.12. The van der Waals surface area contributed by atoms with Gasteiger partial charge in [0.25, 0.3) is 5.91 Å². The van der Waals surface area contributed by atoms with Crippen LogP contribution in [0.2, 0.25) is 0 Å². The van der Waals surface area contributed by atoms with Crippen LogP contribution in [0.1, 0.15) is 40.0 Å². The zero-order chi connectivity index (χ0) is 20.0. The number of rotatable bonds is 5. The van der Waals surface area contributed by atoms with Crippen LogP contribution >= 0.6 is 0 Å². The molecule has 1 aliphatic heterocycles. The van der Waals surface area contributed by atoms with Crippen LogP contribution in [-0.2, 0) is 19.6 Å². The van der Waals surface area contributed by atoms with E-state index in [0.29, 0.717) is 23.7 Å². The molecule has 3 aromatic rings. The molecule has 2 aromatic carbocycles. The molecule has 2 aliphatic rings. The highest BCUT2D eigenvalue weighted by Gasteiger charge is 2.28. The number of amides is 1. The van der Waals surface area contributed by atoms with E-state index >= 15 is 0 Å². The Morgan fingerprint density at radius 1 is 1.17 bits per heavy atom. The number of nitrogens with one attached hydrogen (secondary N) is 1. The summed E-state index contributed by atoms with van der Waals surface area (Å²) in [5.74, 6) is -0.281. The van der Waals surface area contributed by atoms with Crippen molar-refractivity contribution in [2.75, 3.05) is 7.05 Å². The van der Waals surface area contributed by atoms with E-state index in [2.05, 4.69) is 10.2 Å². The molecule has 0 saturated heterocycles. The van der Waals surface area contributed by atoms with Gasteiger partial charge in [0.1, 0.15) is 5.82 Å². The van der Waals surface area contributed by atoms with E-state index in [1.54, 1.807) is 12.1 Å². The summed E-state index contributed by atoms with van der Waals surface area (Å²) < 4.78 is 16.5. The number of benzene rings is 2. The lowest BCUT2D eigenvalue weighted by Gasteiger charge is -2.13. The van der Waals surface area contributed by atoms with Gasteiger partial charge in [-0.15, -0.1) is 0 Å². The van der Waals surface area contributed by atoms with Crippen molar-refractivity contribution in [1.82, 2.24) is 20.0 Å². The SMILES string of the molecule is CN1Cc2nn(Cc3cccc(C(=O)NC4CC4)c3)c(-c3ccccc3F)c2C1. The molecule has 0 bridgehead atoms. The van der Waals surface area contributed by atoms with Crippen molar-refractivity contribution in [3.05, 3.63) is 76.7 Å². The van der Waals surface area contributed by atoms with E-state index in [9.17, 15) is 9.18 Å². The number of halogens is 1. The molecule has 1 aromatic heterocycles. The average molecular weight is 390 g/mol. The molecule has 1 fully saturated rings. The Labute approximate surface area is 169 Å². The molecular formula is C23H23FN4O. The van der Waals surface area contributed by atoms with Crippen molar-refractivity contribution in [2.24, 2.45) is 0 Å². The first-order chi connectivity index (χ1) is 14.1. The van der Waals surface area contributed by atoms with E-state index in [1.165, 1.54) is 6.07 Å². The van der Waals surface area contributed by atoms with Crippen molar-refractivity contribution in [3.63, 3.8) is 0 Å². The van der Waals surface area contributed by atoms with Crippen molar-refractivity contribution < 1.29 is 9.18 Å². The van der Waals surface area contributed by atoms with Gasteiger partial charge in [-0.3, -0.25) is 14.4 Å². The molecule has 0 radical (unpaired) electrons. The standard InChI is InChI=1S/C23H23FN4O/c1-27-13-19-21(14-27)26-28(22(19)18-7-2-3-8-20(18)24)12-15-5-4-6-16(11-15)23(29)25-17-9-10-17/h2-8,11,17H,9-10,12-14H2,1H3,(H,25,29). The van der Waals surface area contributed by atoms with E-state index in [1.807, 2.05) is 42.1 Å². The minimum absolute atomic E-state index is 0.0340. The van der Waals surface area contributed by atoms with Crippen LogP contribution in [0.5, 0.6) is 0 Å². The van der Waals surface area contributed by atoms with Gasteiger partial charge in [-0.25, -0.2) is 4.39 Å². The van der Waals surface area contributed by atoms with Gasteiger partial charge in [0, 0.05) is 35.8 Å². The lowest BCUT2D eigenvalue weighted by molar-refractivity contribution is 0.0951. The van der Waals surface area contributed by atoms with Gasteiger partial charge in [0.2, 0.25) is 0 Å². The molecule has 5 rings (SSSR count). The Hall–Kier alpha value is -2.99. The third kappa shape index (κ3) is 3.56. The summed E-state index contributed by atoms with van der Waals surface area (Å²) in [6.45, 7) is 2.00. The second-order valence-electron chi connectivity index (χ2n) is 8.03. The van der Waals surface area contributed by atoms with Gasteiger partial charge in [-0.2, -0.15) is 5.10 Å². The first-order valence-electron chi connectivity index (χ1n) is 10.0. The maximum absolute atomic E-state index is 14.6. The molecule has 148 valence electrons. The predicted molar refractivity (Wildman–Crippen MR) is 109 cm³/mol. The second-order valence-corrected chi connectivity index (χ2v) is 8.03. The van der Waals surface area contributed by atoms with Crippen molar-refractivity contribution >= 4 is 5.91 Å². The lowest BCUT2D eigenvalue weighted by Crippen LogP contribution is -2.25. The van der Waals surface area contributed by atoms with Crippen LogP contribution in [0, 0.1) is 5.82 Å². The van der Waals surface area contributed by atoms with Gasteiger partial charge in [0.05, 0.1) is 17.9 Å². The van der Waals surface area contributed by atoms with Gasteiger partial charge in [-0.1, -0.05) is 24.3 Å². The van der Waals surface area contributed by atoms with Crippen LogP contribution < -0.4 is 5.32 Å². The normalized spacial score (nSPS) is 16.1. The Morgan fingerprint density at radius 2 is 2.00 bits per heavy atom. The van der Waals surface area contributed by atoms with Gasteiger partial charge in [-0.05, 0) is 49.7 Å². The summed E-state index contributed by atoms with van der Waals surface area (Å²) in [4.78, 5) is 14.6. The van der Waals surface area contributed by atoms with E-state index in [4.69, 9.17) is 5.10 Å². The topological polar surface area (TPSA) is 50.2 Å². The molecule has 2 heterocycles. The quantitative estimate of drug-likeness (QED) is 0.725. The minimum atomic E-state index is -0.247. The number of carbonyl (C=O) groups excluding carboxylic acids is 1. The zero-order valence-electron chi connectivity index (χ0n) is 16.4. The van der Waals surface area contributed by atoms with Crippen LogP contribution in [0.25, 0.3) is 11.3 Å². The van der Waals surface area contributed by atoms with Crippen LogP contribution in [0.3, 0.4) is 0 Å². The number of hydrogen-bond acceptors (Lipinski definition) is 3. The number of fused-ring (bicyclic) bond motifs is 1. The molecule has 0 spiro atoms. The van der Waals surface area contributed by atoms with Crippen LogP contribution in [0.4, 0.5) is 4.39 Å². The molecule has 5 nitrogen and oxygen atoms in total.